The van der Waals surface area contributed by atoms with Crippen molar-refractivity contribution in [1.82, 2.24) is 9.78 Å². The molecule has 0 bridgehead atoms. The molecule has 0 unspecified atom stereocenters. The fourth-order valence-electron chi connectivity index (χ4n) is 2.12. The van der Waals surface area contributed by atoms with Crippen molar-refractivity contribution in [2.24, 2.45) is 5.73 Å². The quantitative estimate of drug-likeness (QED) is 0.924. The first-order valence-electron chi connectivity index (χ1n) is 5.75. The third kappa shape index (κ3) is 3.13. The Morgan fingerprint density at radius 3 is 2.15 bits per heavy atom. The number of nitrogens with zero attached hydrogens (tertiary/aromatic N) is 2. The normalized spacial score (nSPS) is 11.3. The number of alkyl halides is 3. The highest BCUT2D eigenvalue weighted by Crippen LogP contribution is 2.30. The first-order chi connectivity index (χ1) is 8.82. The van der Waals surface area contributed by atoms with Gasteiger partial charge in [-0.25, -0.2) is 4.68 Å². The Kier molecular flexibility index (Phi) is 4.83. The predicted octanol–water partition coefficient (Wildman–Crippen LogP) is 3.39. The highest BCUT2D eigenvalue weighted by molar-refractivity contribution is 5.85. The Hall–Kier alpha value is -1.53. The lowest BCUT2D eigenvalue weighted by Gasteiger charge is -2.12. The first-order valence-corrected chi connectivity index (χ1v) is 5.75. The van der Waals surface area contributed by atoms with Crippen LogP contribution in [0.2, 0.25) is 0 Å². The van der Waals surface area contributed by atoms with Crippen molar-refractivity contribution < 1.29 is 13.2 Å². The molecular weight excluding hydrogens is 291 g/mol. The number of rotatable bonds is 2. The van der Waals surface area contributed by atoms with Crippen LogP contribution in [0.15, 0.2) is 24.5 Å². The number of aromatic nitrogens is 2. The van der Waals surface area contributed by atoms with E-state index < -0.39 is 11.7 Å². The van der Waals surface area contributed by atoms with Crippen molar-refractivity contribution in [3.05, 3.63) is 46.8 Å². The maximum atomic E-state index is 12.6. The van der Waals surface area contributed by atoms with Crippen LogP contribution in [0.5, 0.6) is 0 Å². The predicted molar refractivity (Wildman–Crippen MR) is 73.2 cm³/mol. The van der Waals surface area contributed by atoms with Crippen LogP contribution in [0.1, 0.15) is 22.3 Å². The van der Waals surface area contributed by atoms with Gasteiger partial charge in [0.1, 0.15) is 0 Å². The van der Waals surface area contributed by atoms with Crippen molar-refractivity contribution in [3.63, 3.8) is 0 Å². The summed E-state index contributed by atoms with van der Waals surface area (Å²) in [5.74, 6) is 0. The fourth-order valence-corrected chi connectivity index (χ4v) is 2.12. The van der Waals surface area contributed by atoms with Crippen molar-refractivity contribution >= 4 is 12.4 Å². The molecule has 2 N–H and O–H groups in total. The summed E-state index contributed by atoms with van der Waals surface area (Å²) in [5, 5.41) is 3.80. The molecule has 0 atom stereocenters. The van der Waals surface area contributed by atoms with E-state index in [2.05, 4.69) is 5.10 Å². The van der Waals surface area contributed by atoms with E-state index in [1.807, 2.05) is 26.0 Å². The van der Waals surface area contributed by atoms with Crippen LogP contribution in [0.4, 0.5) is 13.2 Å². The van der Waals surface area contributed by atoms with E-state index >= 15 is 0 Å². The number of hydrogen-bond acceptors (Lipinski definition) is 2. The maximum absolute atomic E-state index is 12.6. The van der Waals surface area contributed by atoms with Crippen LogP contribution >= 0.6 is 12.4 Å². The molecule has 2 aromatic rings. The van der Waals surface area contributed by atoms with Gasteiger partial charge < -0.3 is 5.73 Å². The van der Waals surface area contributed by atoms with Crippen LogP contribution in [-0.4, -0.2) is 9.78 Å². The molecule has 0 fully saturated rings. The SMILES string of the molecule is Cc1cc(CN)cc(C)c1-n1cc(C(F)(F)F)cn1.Cl. The largest absolute Gasteiger partial charge is 0.419 e. The maximum Gasteiger partial charge on any atom is 0.419 e. The van der Waals surface area contributed by atoms with E-state index in [4.69, 9.17) is 5.73 Å². The molecule has 7 heteroatoms. The van der Waals surface area contributed by atoms with Gasteiger partial charge >= 0.3 is 6.18 Å². The molecule has 0 aliphatic heterocycles. The average molecular weight is 306 g/mol. The highest BCUT2D eigenvalue weighted by atomic mass is 35.5. The summed E-state index contributed by atoms with van der Waals surface area (Å²) in [6, 6.07) is 3.72. The topological polar surface area (TPSA) is 43.8 Å². The molecule has 0 aliphatic rings. The van der Waals surface area contributed by atoms with E-state index in [0.717, 1.165) is 29.1 Å². The van der Waals surface area contributed by atoms with Crippen LogP contribution in [0.3, 0.4) is 0 Å². The summed E-state index contributed by atoms with van der Waals surface area (Å²) in [4.78, 5) is 0. The molecule has 0 saturated heterocycles. The van der Waals surface area contributed by atoms with Crippen molar-refractivity contribution in [2.45, 2.75) is 26.6 Å². The van der Waals surface area contributed by atoms with Crippen molar-refractivity contribution in [1.29, 1.82) is 0 Å². The molecule has 0 saturated carbocycles. The molecule has 1 aromatic carbocycles. The minimum atomic E-state index is -4.38. The Morgan fingerprint density at radius 2 is 1.75 bits per heavy atom. The van der Waals surface area contributed by atoms with Gasteiger partial charge in [-0.2, -0.15) is 18.3 Å². The zero-order valence-electron chi connectivity index (χ0n) is 11.0. The van der Waals surface area contributed by atoms with E-state index in [1.54, 1.807) is 0 Å². The summed E-state index contributed by atoms with van der Waals surface area (Å²) < 4.78 is 39.0. The Bertz CT molecular complexity index is 582. The lowest BCUT2D eigenvalue weighted by molar-refractivity contribution is -0.137. The number of benzene rings is 1. The van der Waals surface area contributed by atoms with Gasteiger partial charge in [0.15, 0.2) is 0 Å². The highest BCUT2D eigenvalue weighted by Gasteiger charge is 2.32. The Balaban J connectivity index is 0.00000200. The number of aryl methyl sites for hydroxylation is 2. The molecule has 0 aliphatic carbocycles. The van der Waals surface area contributed by atoms with Gasteiger partial charge in [0.2, 0.25) is 0 Å². The summed E-state index contributed by atoms with van der Waals surface area (Å²) in [5.41, 5.74) is 8.11. The van der Waals surface area contributed by atoms with Crippen molar-refractivity contribution in [3.8, 4) is 5.69 Å². The molecule has 1 aromatic heterocycles. The minimum absolute atomic E-state index is 0. The summed E-state index contributed by atoms with van der Waals surface area (Å²) in [6.07, 6.45) is -2.55. The van der Waals surface area contributed by atoms with Gasteiger partial charge in [0.25, 0.3) is 0 Å². The van der Waals surface area contributed by atoms with Gasteiger partial charge in [-0.3, -0.25) is 0 Å². The summed E-state index contributed by atoms with van der Waals surface area (Å²) in [7, 11) is 0. The monoisotopic (exact) mass is 305 g/mol. The van der Waals surface area contributed by atoms with Gasteiger partial charge in [0, 0.05) is 12.7 Å². The van der Waals surface area contributed by atoms with Crippen molar-refractivity contribution in [2.75, 3.05) is 0 Å². The second-order valence-electron chi connectivity index (χ2n) is 4.45. The molecule has 0 radical (unpaired) electrons. The van der Waals surface area contributed by atoms with Gasteiger partial charge in [-0.1, -0.05) is 12.1 Å². The second-order valence-corrected chi connectivity index (χ2v) is 4.45. The fraction of sp³-hybridized carbons (Fsp3) is 0.308. The zero-order chi connectivity index (χ0) is 14.2. The summed E-state index contributed by atoms with van der Waals surface area (Å²) >= 11 is 0. The van der Waals surface area contributed by atoms with Gasteiger partial charge in [-0.15, -0.1) is 12.4 Å². The molecule has 0 spiro atoms. The third-order valence-corrected chi connectivity index (χ3v) is 2.93. The van der Waals surface area contributed by atoms with E-state index in [-0.39, 0.29) is 12.4 Å². The molecule has 20 heavy (non-hydrogen) atoms. The van der Waals surface area contributed by atoms with E-state index in [9.17, 15) is 13.2 Å². The minimum Gasteiger partial charge on any atom is -0.326 e. The number of hydrogen-bond donors (Lipinski definition) is 1. The molecule has 2 rings (SSSR count). The molecule has 1 heterocycles. The molecule has 0 amide bonds. The third-order valence-electron chi connectivity index (χ3n) is 2.93. The smallest absolute Gasteiger partial charge is 0.326 e. The summed E-state index contributed by atoms with van der Waals surface area (Å²) in [6.45, 7) is 4.06. The molecular formula is C13H15ClF3N3. The van der Waals surface area contributed by atoms with Crippen LogP contribution in [-0.2, 0) is 12.7 Å². The lowest BCUT2D eigenvalue weighted by atomic mass is 10.0. The van der Waals surface area contributed by atoms with Crippen LogP contribution in [0.25, 0.3) is 5.69 Å². The second kappa shape index (κ2) is 5.85. The lowest BCUT2D eigenvalue weighted by Crippen LogP contribution is -2.05. The molecule has 110 valence electrons. The standard InChI is InChI=1S/C13H14F3N3.ClH/c1-8-3-10(5-17)4-9(2)12(8)19-7-11(6-18-19)13(14,15)16;/h3-4,6-7H,5,17H2,1-2H3;1H. The van der Waals surface area contributed by atoms with Crippen LogP contribution < -0.4 is 5.73 Å². The van der Waals surface area contributed by atoms with Crippen LogP contribution in [0, 0.1) is 13.8 Å². The zero-order valence-corrected chi connectivity index (χ0v) is 11.8. The van der Waals surface area contributed by atoms with E-state index in [1.165, 1.54) is 4.68 Å². The average Bonchev–Trinajstić information content (AvgIpc) is 2.76. The Morgan fingerprint density at radius 1 is 1.20 bits per heavy atom. The number of nitrogens with two attached hydrogens (primary N) is 1. The first kappa shape index (κ1) is 16.5. The molecule has 3 nitrogen and oxygen atoms in total. The van der Waals surface area contributed by atoms with Gasteiger partial charge in [-0.05, 0) is 30.5 Å². The van der Waals surface area contributed by atoms with E-state index in [0.29, 0.717) is 12.2 Å². The van der Waals surface area contributed by atoms with Gasteiger partial charge in [0.05, 0.1) is 17.4 Å². The number of halogens is 4. The Labute approximate surface area is 121 Å².